The Labute approximate surface area is 240 Å². The molecule has 4 fully saturated rings. The minimum atomic E-state index is -1.79. The summed E-state index contributed by atoms with van der Waals surface area (Å²) in [6, 6.07) is -0.650. The van der Waals surface area contributed by atoms with Gasteiger partial charge in [0, 0.05) is 37.1 Å². The third-order valence-electron chi connectivity index (χ3n) is 11.2. The highest BCUT2D eigenvalue weighted by Crippen LogP contribution is 2.66. The predicted octanol–water partition coefficient (Wildman–Crippen LogP) is 2.48. The fraction of sp³-hybridized carbons (Fsp3) is 0.742. The van der Waals surface area contributed by atoms with E-state index in [4.69, 9.17) is 9.47 Å². The van der Waals surface area contributed by atoms with Gasteiger partial charge in [-0.25, -0.2) is 4.79 Å². The molecule has 10 heteroatoms. The summed E-state index contributed by atoms with van der Waals surface area (Å²) in [5.74, 6) is -2.30. The monoisotopic (exact) mass is 571 g/mol. The molecule has 1 amide bonds. The second-order valence-electron chi connectivity index (χ2n) is 13.2. The average Bonchev–Trinajstić information content (AvgIpc) is 3.53. The van der Waals surface area contributed by atoms with Crippen molar-refractivity contribution in [3.63, 3.8) is 0 Å². The molecule has 0 aromatic heterocycles. The number of fused-ring (bicyclic) bond motifs is 5. The number of hydrogen-bond donors (Lipinski definition) is 1. The van der Waals surface area contributed by atoms with E-state index in [1.807, 2.05) is 6.92 Å². The molecule has 3 saturated carbocycles. The van der Waals surface area contributed by atoms with Crippen molar-refractivity contribution in [2.45, 2.75) is 96.1 Å². The number of methoxy groups -OCH3 is 1. The molecule has 10 nitrogen and oxygen atoms in total. The van der Waals surface area contributed by atoms with E-state index in [0.717, 1.165) is 18.4 Å². The van der Waals surface area contributed by atoms with Crippen molar-refractivity contribution in [2.75, 3.05) is 20.3 Å². The van der Waals surface area contributed by atoms with Crippen LogP contribution in [0.1, 0.15) is 84.5 Å². The van der Waals surface area contributed by atoms with Crippen molar-refractivity contribution in [1.82, 2.24) is 4.90 Å². The van der Waals surface area contributed by atoms with E-state index in [1.165, 1.54) is 12.0 Å². The SMILES string of the molecule is COC(=O)C1CCCN1C(=O)CCC(=O)OCC(=O)C1(O)CCC2C3CCC4=CC(=O)CCC4(C)C3C(=O)CC21C. The van der Waals surface area contributed by atoms with Crippen molar-refractivity contribution >= 4 is 35.2 Å². The molecule has 41 heavy (non-hydrogen) atoms. The van der Waals surface area contributed by atoms with Crippen LogP contribution in [0.15, 0.2) is 11.6 Å². The first kappa shape index (κ1) is 29.6. The van der Waals surface area contributed by atoms with Crippen molar-refractivity contribution < 1.29 is 43.3 Å². The molecule has 0 bridgehead atoms. The van der Waals surface area contributed by atoms with Gasteiger partial charge in [0.25, 0.3) is 0 Å². The third kappa shape index (κ3) is 4.76. The van der Waals surface area contributed by atoms with Crippen molar-refractivity contribution in [1.29, 1.82) is 0 Å². The zero-order chi connectivity index (χ0) is 29.7. The topological polar surface area (TPSA) is 144 Å². The number of likely N-dealkylation sites (tertiary alicyclic amines) is 1. The lowest BCUT2D eigenvalue weighted by Gasteiger charge is -2.57. The Balaban J connectivity index is 1.20. The Morgan fingerprint density at radius 2 is 1.80 bits per heavy atom. The van der Waals surface area contributed by atoms with Gasteiger partial charge in [-0.05, 0) is 68.3 Å². The number of nitrogens with zero attached hydrogens (tertiary/aromatic N) is 1. The lowest BCUT2D eigenvalue weighted by Crippen LogP contribution is -2.61. The van der Waals surface area contributed by atoms with Gasteiger partial charge in [-0.15, -0.1) is 0 Å². The van der Waals surface area contributed by atoms with E-state index in [1.54, 1.807) is 6.08 Å². The first-order chi connectivity index (χ1) is 19.4. The molecule has 7 atom stereocenters. The van der Waals surface area contributed by atoms with Gasteiger partial charge in [0.05, 0.1) is 13.5 Å². The number of rotatable bonds is 7. The fourth-order valence-electron chi connectivity index (χ4n) is 8.98. The molecular weight excluding hydrogens is 530 g/mol. The first-order valence-corrected chi connectivity index (χ1v) is 14.9. The van der Waals surface area contributed by atoms with Gasteiger partial charge in [0.2, 0.25) is 11.7 Å². The highest BCUT2D eigenvalue weighted by molar-refractivity contribution is 5.95. The fourth-order valence-corrected chi connectivity index (χ4v) is 8.98. The summed E-state index contributed by atoms with van der Waals surface area (Å²) < 4.78 is 9.97. The number of amides is 1. The van der Waals surface area contributed by atoms with Crippen LogP contribution in [-0.4, -0.2) is 77.1 Å². The Kier molecular flexibility index (Phi) is 7.76. The molecule has 4 aliphatic carbocycles. The van der Waals surface area contributed by atoms with E-state index < -0.39 is 41.4 Å². The van der Waals surface area contributed by atoms with Crippen LogP contribution in [0, 0.1) is 28.6 Å². The number of ether oxygens (including phenoxy) is 2. The predicted molar refractivity (Wildman–Crippen MR) is 144 cm³/mol. The maximum absolute atomic E-state index is 13.8. The number of Topliss-reactive ketones (excluding diaryl/α,β-unsaturated/α-hetero) is 2. The van der Waals surface area contributed by atoms with E-state index in [2.05, 4.69) is 6.92 Å². The maximum Gasteiger partial charge on any atom is 0.328 e. The molecule has 0 radical (unpaired) electrons. The molecule has 7 unspecified atom stereocenters. The van der Waals surface area contributed by atoms with Gasteiger partial charge in [0.1, 0.15) is 17.4 Å². The van der Waals surface area contributed by atoms with Crippen LogP contribution in [0.5, 0.6) is 0 Å². The molecule has 0 spiro atoms. The van der Waals surface area contributed by atoms with Crippen LogP contribution in [-0.2, 0) is 38.2 Å². The summed E-state index contributed by atoms with van der Waals surface area (Å²) in [4.78, 5) is 77.6. The van der Waals surface area contributed by atoms with Gasteiger partial charge in [-0.2, -0.15) is 0 Å². The number of carbonyl (C=O) groups is 6. The van der Waals surface area contributed by atoms with Gasteiger partial charge in [0.15, 0.2) is 12.4 Å². The third-order valence-corrected chi connectivity index (χ3v) is 11.2. The van der Waals surface area contributed by atoms with Crippen LogP contribution in [0.3, 0.4) is 0 Å². The molecule has 224 valence electrons. The molecule has 1 N–H and O–H groups in total. The molecule has 1 saturated heterocycles. The normalized spacial score (nSPS) is 38.0. The van der Waals surface area contributed by atoms with Crippen LogP contribution in [0.25, 0.3) is 0 Å². The minimum Gasteiger partial charge on any atom is -0.467 e. The first-order valence-electron chi connectivity index (χ1n) is 14.9. The lowest BCUT2D eigenvalue weighted by molar-refractivity contribution is -0.174. The number of esters is 2. The largest absolute Gasteiger partial charge is 0.467 e. The number of aliphatic hydroxyl groups is 1. The standard InChI is InChI=1S/C31H41NO9/c1-29-12-10-19(33)15-18(29)6-7-20-21-11-13-31(39,30(21,2)16-23(34)27(20)29)24(35)17-41-26(37)9-8-25(36)32-14-4-5-22(32)28(38)40-3/h15,20-22,27,39H,4-14,16-17H2,1-3H3. The molecule has 1 heterocycles. The van der Waals surface area contributed by atoms with Gasteiger partial charge >= 0.3 is 11.9 Å². The summed E-state index contributed by atoms with van der Waals surface area (Å²) in [6.07, 6.45) is 5.92. The van der Waals surface area contributed by atoms with Gasteiger partial charge < -0.3 is 19.5 Å². The zero-order valence-corrected chi connectivity index (χ0v) is 24.2. The molecule has 5 aliphatic rings. The van der Waals surface area contributed by atoms with Gasteiger partial charge in [-0.1, -0.05) is 19.4 Å². The van der Waals surface area contributed by atoms with E-state index >= 15 is 0 Å². The summed E-state index contributed by atoms with van der Waals surface area (Å²) in [7, 11) is 1.27. The zero-order valence-electron chi connectivity index (χ0n) is 24.2. The lowest BCUT2D eigenvalue weighted by atomic mass is 9.46. The molecule has 1 aliphatic heterocycles. The second kappa shape index (κ2) is 10.7. The Morgan fingerprint density at radius 1 is 1.05 bits per heavy atom. The molecule has 0 aromatic carbocycles. The van der Waals surface area contributed by atoms with E-state index in [0.29, 0.717) is 38.6 Å². The molecule has 0 aromatic rings. The Hall–Kier alpha value is -2.88. The number of ketones is 3. The maximum atomic E-state index is 13.8. The highest BCUT2D eigenvalue weighted by Gasteiger charge is 2.68. The quantitative estimate of drug-likeness (QED) is 0.456. The van der Waals surface area contributed by atoms with Crippen LogP contribution >= 0.6 is 0 Å². The van der Waals surface area contributed by atoms with Crippen LogP contribution < -0.4 is 0 Å². The van der Waals surface area contributed by atoms with E-state index in [9.17, 15) is 33.9 Å². The number of carbonyl (C=O) groups excluding carboxylic acids is 6. The molecular formula is C31H41NO9. The van der Waals surface area contributed by atoms with Crippen LogP contribution in [0.4, 0.5) is 0 Å². The summed E-state index contributed by atoms with van der Waals surface area (Å²) >= 11 is 0. The second-order valence-corrected chi connectivity index (χ2v) is 13.2. The summed E-state index contributed by atoms with van der Waals surface area (Å²) in [5.41, 5.74) is -2.06. The van der Waals surface area contributed by atoms with E-state index in [-0.39, 0.29) is 66.3 Å². The van der Waals surface area contributed by atoms with Crippen molar-refractivity contribution in [3.8, 4) is 0 Å². The number of hydrogen-bond acceptors (Lipinski definition) is 9. The summed E-state index contributed by atoms with van der Waals surface area (Å²) in [5, 5.41) is 11.8. The van der Waals surface area contributed by atoms with Crippen molar-refractivity contribution in [3.05, 3.63) is 11.6 Å². The Bertz CT molecular complexity index is 1210. The molecule has 5 rings (SSSR count). The summed E-state index contributed by atoms with van der Waals surface area (Å²) in [6.45, 7) is 3.70. The van der Waals surface area contributed by atoms with Gasteiger partial charge in [-0.3, -0.25) is 24.0 Å². The minimum absolute atomic E-state index is 0.0198. The Morgan fingerprint density at radius 3 is 2.54 bits per heavy atom. The average molecular weight is 572 g/mol. The van der Waals surface area contributed by atoms with Crippen LogP contribution in [0.2, 0.25) is 0 Å². The smallest absolute Gasteiger partial charge is 0.328 e. The highest BCUT2D eigenvalue weighted by atomic mass is 16.5. The van der Waals surface area contributed by atoms with Crippen molar-refractivity contribution in [2.24, 2.45) is 28.6 Å². The number of allylic oxidation sites excluding steroid dienone is 1.